The van der Waals surface area contributed by atoms with Crippen LogP contribution in [0.1, 0.15) is 22.3 Å². The third-order valence-electron chi connectivity index (χ3n) is 3.68. The van der Waals surface area contributed by atoms with Crippen LogP contribution in [0.25, 0.3) is 0 Å². The van der Waals surface area contributed by atoms with E-state index < -0.39 is 0 Å². The fourth-order valence-electron chi connectivity index (χ4n) is 2.13. The van der Waals surface area contributed by atoms with Crippen molar-refractivity contribution in [3.63, 3.8) is 0 Å². The second-order valence-corrected chi connectivity index (χ2v) is 5.71. The molecule has 4 nitrogen and oxygen atoms in total. The maximum absolute atomic E-state index is 5.31. The van der Waals surface area contributed by atoms with Crippen molar-refractivity contribution in [3.05, 3.63) is 58.7 Å². The molecule has 0 bridgehead atoms. The van der Waals surface area contributed by atoms with E-state index in [1.165, 1.54) is 5.56 Å². The quantitative estimate of drug-likeness (QED) is 0.507. The molecule has 0 radical (unpaired) electrons. The summed E-state index contributed by atoms with van der Waals surface area (Å²) in [6, 6.07) is 11.9. The van der Waals surface area contributed by atoms with E-state index in [4.69, 9.17) is 17.0 Å². The Balaban J connectivity index is 1.97. The lowest BCUT2D eigenvalue weighted by molar-refractivity contribution is 0.411. The van der Waals surface area contributed by atoms with Gasteiger partial charge in [-0.25, -0.2) is 0 Å². The van der Waals surface area contributed by atoms with E-state index in [9.17, 15) is 0 Å². The predicted molar refractivity (Wildman–Crippen MR) is 101 cm³/mol. The topological polar surface area (TPSA) is 45.6 Å². The highest BCUT2D eigenvalue weighted by atomic mass is 32.1. The van der Waals surface area contributed by atoms with Gasteiger partial charge >= 0.3 is 0 Å². The Morgan fingerprint density at radius 1 is 1.04 bits per heavy atom. The fraction of sp³-hybridized carbons (Fsp3) is 0.222. The highest BCUT2D eigenvalue weighted by Gasteiger charge is 2.04. The van der Waals surface area contributed by atoms with Gasteiger partial charge in [0.15, 0.2) is 5.11 Å². The Morgan fingerprint density at radius 3 is 2.39 bits per heavy atom. The van der Waals surface area contributed by atoms with Gasteiger partial charge < -0.3 is 10.1 Å². The number of hydrogen-bond donors (Lipinski definition) is 2. The van der Waals surface area contributed by atoms with Crippen LogP contribution in [0.15, 0.2) is 41.5 Å². The van der Waals surface area contributed by atoms with Crippen molar-refractivity contribution < 1.29 is 4.74 Å². The van der Waals surface area contributed by atoms with E-state index in [0.29, 0.717) is 5.11 Å². The van der Waals surface area contributed by atoms with E-state index >= 15 is 0 Å². The number of hydrazone groups is 1. The number of rotatable bonds is 4. The van der Waals surface area contributed by atoms with Crippen LogP contribution in [0.4, 0.5) is 5.69 Å². The molecule has 0 saturated heterocycles. The lowest BCUT2D eigenvalue weighted by Gasteiger charge is -2.10. The van der Waals surface area contributed by atoms with E-state index in [1.54, 1.807) is 13.3 Å². The van der Waals surface area contributed by atoms with Crippen molar-refractivity contribution in [2.75, 3.05) is 12.4 Å². The van der Waals surface area contributed by atoms with Gasteiger partial charge in [-0.3, -0.25) is 5.43 Å². The number of nitrogens with zero attached hydrogens (tertiary/aromatic N) is 1. The first-order valence-corrected chi connectivity index (χ1v) is 7.73. The summed E-state index contributed by atoms with van der Waals surface area (Å²) in [6.45, 7) is 6.12. The molecule has 23 heavy (non-hydrogen) atoms. The zero-order valence-electron chi connectivity index (χ0n) is 13.8. The Labute approximate surface area is 142 Å². The smallest absolute Gasteiger partial charge is 0.191 e. The second-order valence-electron chi connectivity index (χ2n) is 5.30. The number of ether oxygens (including phenoxy) is 1. The van der Waals surface area contributed by atoms with Gasteiger partial charge in [0.2, 0.25) is 0 Å². The van der Waals surface area contributed by atoms with Crippen molar-refractivity contribution in [2.45, 2.75) is 20.8 Å². The van der Waals surface area contributed by atoms with Gasteiger partial charge in [-0.15, -0.1) is 0 Å². The number of benzene rings is 2. The maximum Gasteiger partial charge on any atom is 0.191 e. The normalized spacial score (nSPS) is 10.6. The van der Waals surface area contributed by atoms with Gasteiger partial charge in [0.05, 0.1) is 13.3 Å². The Hall–Kier alpha value is -2.40. The number of thiocarbonyl (C=S) groups is 1. The van der Waals surface area contributed by atoms with E-state index in [1.807, 2.05) is 57.2 Å². The summed E-state index contributed by atoms with van der Waals surface area (Å²) in [5, 5.41) is 7.73. The minimum Gasteiger partial charge on any atom is -0.496 e. The maximum atomic E-state index is 5.31. The van der Waals surface area contributed by atoms with Crippen molar-refractivity contribution in [2.24, 2.45) is 5.10 Å². The Morgan fingerprint density at radius 2 is 1.74 bits per heavy atom. The zero-order valence-corrected chi connectivity index (χ0v) is 14.6. The van der Waals surface area contributed by atoms with Gasteiger partial charge in [-0.2, -0.15) is 5.10 Å². The average Bonchev–Trinajstić information content (AvgIpc) is 2.54. The highest BCUT2D eigenvalue weighted by molar-refractivity contribution is 7.80. The summed E-state index contributed by atoms with van der Waals surface area (Å²) in [4.78, 5) is 0. The Kier molecular flexibility index (Phi) is 5.71. The molecule has 0 heterocycles. The van der Waals surface area contributed by atoms with Crippen molar-refractivity contribution in [1.82, 2.24) is 5.43 Å². The SMILES string of the molecule is COc1ccc(C=NNC(=S)Nc2ccc(C)cc2)c(C)c1C. The van der Waals surface area contributed by atoms with Crippen LogP contribution in [-0.4, -0.2) is 18.4 Å². The first-order chi connectivity index (χ1) is 11.0. The van der Waals surface area contributed by atoms with E-state index in [0.717, 1.165) is 28.1 Å². The molecule has 2 rings (SSSR count). The molecule has 0 atom stereocenters. The molecule has 0 spiro atoms. The second kappa shape index (κ2) is 7.74. The molecule has 0 unspecified atom stereocenters. The fourth-order valence-corrected chi connectivity index (χ4v) is 2.30. The molecule has 0 aliphatic carbocycles. The summed E-state index contributed by atoms with van der Waals surface area (Å²) >= 11 is 5.23. The van der Waals surface area contributed by atoms with Gasteiger partial charge in [0.1, 0.15) is 5.75 Å². The van der Waals surface area contributed by atoms with Crippen LogP contribution in [0.3, 0.4) is 0 Å². The van der Waals surface area contributed by atoms with E-state index in [2.05, 4.69) is 15.8 Å². The van der Waals surface area contributed by atoms with Gasteiger partial charge in [-0.1, -0.05) is 17.7 Å². The van der Waals surface area contributed by atoms with Crippen LogP contribution < -0.4 is 15.5 Å². The third-order valence-corrected chi connectivity index (χ3v) is 3.87. The van der Waals surface area contributed by atoms with Crippen molar-refractivity contribution in [1.29, 1.82) is 0 Å². The molecular weight excluding hydrogens is 306 g/mol. The monoisotopic (exact) mass is 327 g/mol. The minimum atomic E-state index is 0.452. The van der Waals surface area contributed by atoms with Gasteiger partial charge in [0, 0.05) is 5.69 Å². The summed E-state index contributed by atoms with van der Waals surface area (Å²) < 4.78 is 5.31. The Bertz CT molecular complexity index is 724. The molecule has 2 aromatic carbocycles. The number of aryl methyl sites for hydroxylation is 1. The largest absolute Gasteiger partial charge is 0.496 e. The lowest BCUT2D eigenvalue weighted by Crippen LogP contribution is -2.23. The van der Waals surface area contributed by atoms with E-state index in [-0.39, 0.29) is 0 Å². The van der Waals surface area contributed by atoms with Crippen molar-refractivity contribution in [3.8, 4) is 5.75 Å². The molecule has 0 saturated carbocycles. The van der Waals surface area contributed by atoms with Crippen LogP contribution in [0.2, 0.25) is 0 Å². The number of hydrogen-bond acceptors (Lipinski definition) is 3. The molecule has 0 aliphatic heterocycles. The molecule has 0 amide bonds. The van der Waals surface area contributed by atoms with Crippen LogP contribution in [-0.2, 0) is 0 Å². The molecule has 120 valence electrons. The molecular formula is C18H21N3OS. The van der Waals surface area contributed by atoms with Crippen LogP contribution >= 0.6 is 12.2 Å². The third kappa shape index (κ3) is 4.53. The molecule has 5 heteroatoms. The van der Waals surface area contributed by atoms with Gasteiger partial charge in [0.25, 0.3) is 0 Å². The molecule has 2 N–H and O–H groups in total. The van der Waals surface area contributed by atoms with Crippen molar-refractivity contribution >= 4 is 29.2 Å². The van der Waals surface area contributed by atoms with Crippen LogP contribution in [0.5, 0.6) is 5.75 Å². The highest BCUT2D eigenvalue weighted by Crippen LogP contribution is 2.22. The zero-order chi connectivity index (χ0) is 16.8. The average molecular weight is 327 g/mol. The molecule has 0 fully saturated rings. The van der Waals surface area contributed by atoms with Crippen LogP contribution in [0, 0.1) is 20.8 Å². The number of anilines is 1. The summed E-state index contributed by atoms with van der Waals surface area (Å²) in [5.41, 5.74) is 8.23. The number of nitrogens with one attached hydrogen (secondary N) is 2. The first kappa shape index (κ1) is 17.0. The molecule has 2 aromatic rings. The molecule has 0 aliphatic rings. The first-order valence-electron chi connectivity index (χ1n) is 7.32. The summed E-state index contributed by atoms with van der Waals surface area (Å²) in [5.74, 6) is 0.879. The summed E-state index contributed by atoms with van der Waals surface area (Å²) in [7, 11) is 1.67. The summed E-state index contributed by atoms with van der Waals surface area (Å²) in [6.07, 6.45) is 1.75. The number of methoxy groups -OCH3 is 1. The molecule has 0 aromatic heterocycles. The predicted octanol–water partition coefficient (Wildman–Crippen LogP) is 3.94. The minimum absolute atomic E-state index is 0.452. The van der Waals surface area contributed by atoms with Gasteiger partial charge in [-0.05, 0) is 73.9 Å². The standard InChI is InChI=1S/C18H21N3OS/c1-12-5-8-16(9-6-12)20-18(23)21-19-11-15-7-10-17(22-4)14(3)13(15)2/h5-11H,1-4H3,(H2,20,21,23). The lowest BCUT2D eigenvalue weighted by atomic mass is 10.0.